The number of rotatable bonds is 2. The molecule has 0 saturated carbocycles. The van der Waals surface area contributed by atoms with E-state index in [1.165, 1.54) is 4.90 Å². The molecule has 1 aliphatic rings. The van der Waals surface area contributed by atoms with Crippen molar-refractivity contribution in [2.75, 3.05) is 19.6 Å². The topological polar surface area (TPSA) is 58.4 Å². The number of hydrogen-bond acceptors (Lipinski definition) is 3. The van der Waals surface area contributed by atoms with E-state index in [2.05, 4.69) is 4.98 Å². The van der Waals surface area contributed by atoms with E-state index in [-0.39, 0.29) is 5.92 Å². The van der Waals surface area contributed by atoms with Gasteiger partial charge in [0.1, 0.15) is 12.1 Å². The average molecular weight is 327 g/mol. The minimum atomic E-state index is -4.40. The molecule has 5 nitrogen and oxygen atoms in total. The molecule has 0 spiro atoms. The van der Waals surface area contributed by atoms with Crippen molar-refractivity contribution in [2.24, 2.45) is 0 Å². The fourth-order valence-electron chi connectivity index (χ4n) is 2.68. The van der Waals surface area contributed by atoms with Gasteiger partial charge in [-0.1, -0.05) is 12.1 Å². The molecule has 0 aliphatic carbocycles. The highest BCUT2D eigenvalue weighted by atomic mass is 19.4. The SMILES string of the molecule is O=C(NCC(F)(F)F)N1CCC(c2nc3ccccc3o2)CC1. The summed E-state index contributed by atoms with van der Waals surface area (Å²) in [6.07, 6.45) is -3.16. The van der Waals surface area contributed by atoms with Crippen LogP contribution < -0.4 is 5.32 Å². The average Bonchev–Trinajstić information content (AvgIpc) is 2.96. The molecule has 1 N–H and O–H groups in total. The predicted molar refractivity (Wildman–Crippen MR) is 77.0 cm³/mol. The van der Waals surface area contributed by atoms with Crippen molar-refractivity contribution in [1.82, 2.24) is 15.2 Å². The number of nitrogens with one attached hydrogen (secondary N) is 1. The molecule has 3 rings (SSSR count). The molecule has 1 saturated heterocycles. The number of piperidine rings is 1. The molecule has 8 heteroatoms. The first-order chi connectivity index (χ1) is 10.9. The molecule has 2 amide bonds. The predicted octanol–water partition coefficient (Wildman–Crippen LogP) is 3.28. The second-order valence-corrected chi connectivity index (χ2v) is 5.56. The number of alkyl halides is 3. The highest BCUT2D eigenvalue weighted by molar-refractivity contribution is 5.74. The maximum absolute atomic E-state index is 12.1. The first-order valence-electron chi connectivity index (χ1n) is 7.37. The van der Waals surface area contributed by atoms with Crippen LogP contribution in [0.5, 0.6) is 0 Å². The molecule has 0 unspecified atom stereocenters. The number of fused-ring (bicyclic) bond motifs is 1. The number of carbonyl (C=O) groups is 1. The number of urea groups is 1. The van der Waals surface area contributed by atoms with Gasteiger partial charge in [0.05, 0.1) is 0 Å². The Hall–Kier alpha value is -2.25. The maximum Gasteiger partial charge on any atom is 0.405 e. The van der Waals surface area contributed by atoms with E-state index in [1.54, 1.807) is 0 Å². The largest absolute Gasteiger partial charge is 0.440 e. The Morgan fingerprint density at radius 2 is 2.00 bits per heavy atom. The van der Waals surface area contributed by atoms with Crippen molar-refractivity contribution in [3.8, 4) is 0 Å². The number of amides is 2. The molecule has 1 aromatic carbocycles. The van der Waals surface area contributed by atoms with E-state index < -0.39 is 18.8 Å². The fourth-order valence-corrected chi connectivity index (χ4v) is 2.68. The van der Waals surface area contributed by atoms with Gasteiger partial charge in [-0.05, 0) is 25.0 Å². The van der Waals surface area contributed by atoms with E-state index in [1.807, 2.05) is 29.6 Å². The van der Waals surface area contributed by atoms with E-state index in [9.17, 15) is 18.0 Å². The zero-order valence-corrected chi connectivity index (χ0v) is 12.3. The van der Waals surface area contributed by atoms with Crippen LogP contribution in [0, 0.1) is 0 Å². The lowest BCUT2D eigenvalue weighted by Gasteiger charge is -2.30. The monoisotopic (exact) mass is 327 g/mol. The minimum absolute atomic E-state index is 0.0778. The van der Waals surface area contributed by atoms with E-state index in [0.29, 0.717) is 37.4 Å². The van der Waals surface area contributed by atoms with Crippen LogP contribution in [0.2, 0.25) is 0 Å². The molecular formula is C15H16F3N3O2. The Bertz CT molecular complexity index is 658. The molecular weight excluding hydrogens is 311 g/mol. The number of benzene rings is 1. The smallest absolute Gasteiger partial charge is 0.405 e. The van der Waals surface area contributed by atoms with Crippen molar-refractivity contribution in [1.29, 1.82) is 0 Å². The normalized spacial score (nSPS) is 16.7. The van der Waals surface area contributed by atoms with Gasteiger partial charge < -0.3 is 14.6 Å². The lowest BCUT2D eigenvalue weighted by Crippen LogP contribution is -2.46. The summed E-state index contributed by atoms with van der Waals surface area (Å²) in [5.41, 5.74) is 1.50. The van der Waals surface area contributed by atoms with Gasteiger partial charge in [0.2, 0.25) is 0 Å². The van der Waals surface area contributed by atoms with E-state index in [0.717, 1.165) is 5.52 Å². The Labute approximate surface area is 130 Å². The van der Waals surface area contributed by atoms with Crippen LogP contribution >= 0.6 is 0 Å². The second-order valence-electron chi connectivity index (χ2n) is 5.56. The number of aromatic nitrogens is 1. The van der Waals surface area contributed by atoms with Crippen LogP contribution in [-0.4, -0.2) is 41.7 Å². The van der Waals surface area contributed by atoms with Crippen molar-refractivity contribution in [3.05, 3.63) is 30.2 Å². The highest BCUT2D eigenvalue weighted by Gasteiger charge is 2.31. The molecule has 1 aromatic heterocycles. The first kappa shape index (κ1) is 15.6. The van der Waals surface area contributed by atoms with Gasteiger partial charge in [-0.25, -0.2) is 9.78 Å². The van der Waals surface area contributed by atoms with Gasteiger partial charge in [-0.15, -0.1) is 0 Å². The molecule has 23 heavy (non-hydrogen) atoms. The number of para-hydroxylation sites is 2. The number of oxazole rings is 1. The molecule has 1 fully saturated rings. The number of likely N-dealkylation sites (tertiary alicyclic amines) is 1. The van der Waals surface area contributed by atoms with Gasteiger partial charge in [0, 0.05) is 19.0 Å². The first-order valence-corrected chi connectivity index (χ1v) is 7.37. The van der Waals surface area contributed by atoms with Crippen molar-refractivity contribution in [2.45, 2.75) is 24.9 Å². The van der Waals surface area contributed by atoms with Crippen molar-refractivity contribution >= 4 is 17.1 Å². The summed E-state index contributed by atoms with van der Waals surface area (Å²) in [5.74, 6) is 0.704. The van der Waals surface area contributed by atoms with E-state index in [4.69, 9.17) is 4.42 Å². The molecule has 0 bridgehead atoms. The van der Waals surface area contributed by atoms with Gasteiger partial charge in [0.15, 0.2) is 11.5 Å². The van der Waals surface area contributed by atoms with E-state index >= 15 is 0 Å². The summed E-state index contributed by atoms with van der Waals surface area (Å²) >= 11 is 0. The Kier molecular flexibility index (Phi) is 4.14. The van der Waals surface area contributed by atoms with Gasteiger partial charge >= 0.3 is 12.2 Å². The summed E-state index contributed by atoms with van der Waals surface area (Å²) in [4.78, 5) is 17.5. The number of hydrogen-bond donors (Lipinski definition) is 1. The minimum Gasteiger partial charge on any atom is -0.440 e. The Morgan fingerprint density at radius 3 is 2.65 bits per heavy atom. The standard InChI is InChI=1S/C15H16F3N3O2/c16-15(17,18)9-19-14(22)21-7-5-10(6-8-21)13-20-11-3-1-2-4-12(11)23-13/h1-4,10H,5-9H2,(H,19,22). The van der Waals surface area contributed by atoms with Crippen LogP contribution in [0.25, 0.3) is 11.1 Å². The zero-order valence-electron chi connectivity index (χ0n) is 12.3. The maximum atomic E-state index is 12.1. The van der Waals surface area contributed by atoms with Gasteiger partial charge in [-0.2, -0.15) is 13.2 Å². The number of carbonyl (C=O) groups excluding carboxylic acids is 1. The fraction of sp³-hybridized carbons (Fsp3) is 0.467. The van der Waals surface area contributed by atoms with Gasteiger partial charge in [0.25, 0.3) is 0 Å². The summed E-state index contributed by atoms with van der Waals surface area (Å²) < 4.78 is 42.1. The quantitative estimate of drug-likeness (QED) is 0.921. The van der Waals surface area contributed by atoms with Crippen molar-refractivity contribution < 1.29 is 22.4 Å². The third kappa shape index (κ3) is 3.75. The Balaban J connectivity index is 1.56. The third-order valence-corrected chi connectivity index (χ3v) is 3.88. The van der Waals surface area contributed by atoms with Gasteiger partial charge in [-0.3, -0.25) is 0 Å². The zero-order chi connectivity index (χ0) is 16.4. The summed E-state index contributed by atoms with van der Waals surface area (Å²) in [5, 5.41) is 1.89. The Morgan fingerprint density at radius 1 is 1.30 bits per heavy atom. The molecule has 1 aliphatic heterocycles. The molecule has 0 radical (unpaired) electrons. The highest BCUT2D eigenvalue weighted by Crippen LogP contribution is 2.29. The van der Waals surface area contributed by atoms with Crippen molar-refractivity contribution in [3.63, 3.8) is 0 Å². The van der Waals surface area contributed by atoms with Crippen LogP contribution in [0.3, 0.4) is 0 Å². The number of halogens is 3. The summed E-state index contributed by atoms with van der Waals surface area (Å²) in [6, 6.07) is 6.76. The molecule has 2 heterocycles. The lowest BCUT2D eigenvalue weighted by atomic mass is 9.97. The molecule has 2 aromatic rings. The van der Waals surface area contributed by atoms with Crippen LogP contribution in [0.1, 0.15) is 24.7 Å². The number of nitrogens with zero attached hydrogens (tertiary/aromatic N) is 2. The van der Waals surface area contributed by atoms with Crippen LogP contribution in [0.15, 0.2) is 28.7 Å². The van der Waals surface area contributed by atoms with Crippen LogP contribution in [0.4, 0.5) is 18.0 Å². The molecule has 0 atom stereocenters. The van der Waals surface area contributed by atoms with Crippen LogP contribution in [-0.2, 0) is 0 Å². The second kappa shape index (κ2) is 6.10. The lowest BCUT2D eigenvalue weighted by molar-refractivity contribution is -0.123. The summed E-state index contributed by atoms with van der Waals surface area (Å²) in [6.45, 7) is -0.545. The third-order valence-electron chi connectivity index (χ3n) is 3.88. The summed E-state index contributed by atoms with van der Waals surface area (Å²) in [7, 11) is 0. The molecule has 124 valence electrons.